The summed E-state index contributed by atoms with van der Waals surface area (Å²) in [5, 5.41) is 5.54. The van der Waals surface area contributed by atoms with Crippen molar-refractivity contribution in [2.45, 2.75) is 13.5 Å². The lowest BCUT2D eigenvalue weighted by molar-refractivity contribution is -0.123. The molecule has 3 rings (SSSR count). The number of carbonyl (C=O) groups is 2. The van der Waals surface area contributed by atoms with Gasteiger partial charge in [-0.3, -0.25) is 9.59 Å². The molecule has 0 spiro atoms. The Morgan fingerprint density at radius 2 is 1.67 bits per heavy atom. The minimum Gasteiger partial charge on any atom is -0.484 e. The van der Waals surface area contributed by atoms with Crippen LogP contribution in [0.3, 0.4) is 0 Å². The largest absolute Gasteiger partial charge is 0.484 e. The number of ether oxygens (including phenoxy) is 2. The second-order valence-electron chi connectivity index (χ2n) is 6.60. The number of benzene rings is 2. The highest BCUT2D eigenvalue weighted by molar-refractivity contribution is 5.95. The SMILES string of the molecule is COCCNC(=O)COc1ccc(CNC(=O)c2nc3ccccc3nc2C)cc1. The lowest BCUT2D eigenvalue weighted by Gasteiger charge is -2.09. The van der Waals surface area contributed by atoms with Crippen molar-refractivity contribution in [3.8, 4) is 5.75 Å². The van der Waals surface area contributed by atoms with Crippen molar-refractivity contribution in [3.05, 3.63) is 65.5 Å². The van der Waals surface area contributed by atoms with Gasteiger partial charge in [0.25, 0.3) is 11.8 Å². The van der Waals surface area contributed by atoms with Gasteiger partial charge in [-0.1, -0.05) is 24.3 Å². The Balaban J connectivity index is 1.52. The quantitative estimate of drug-likeness (QED) is 0.525. The van der Waals surface area contributed by atoms with Crippen LogP contribution in [0.5, 0.6) is 5.75 Å². The van der Waals surface area contributed by atoms with Crippen molar-refractivity contribution >= 4 is 22.8 Å². The second-order valence-corrected chi connectivity index (χ2v) is 6.60. The van der Waals surface area contributed by atoms with Crippen LogP contribution in [0.4, 0.5) is 0 Å². The van der Waals surface area contributed by atoms with Crippen molar-refractivity contribution in [1.29, 1.82) is 0 Å². The van der Waals surface area contributed by atoms with E-state index in [1.165, 1.54) is 0 Å². The van der Waals surface area contributed by atoms with E-state index < -0.39 is 0 Å². The average Bonchev–Trinajstić information content (AvgIpc) is 2.76. The van der Waals surface area contributed by atoms with E-state index in [0.29, 0.717) is 42.4 Å². The van der Waals surface area contributed by atoms with Gasteiger partial charge in [-0.2, -0.15) is 0 Å². The molecule has 0 fully saturated rings. The van der Waals surface area contributed by atoms with Crippen molar-refractivity contribution in [2.24, 2.45) is 0 Å². The summed E-state index contributed by atoms with van der Waals surface area (Å²) in [6.45, 7) is 2.94. The lowest BCUT2D eigenvalue weighted by atomic mass is 10.2. The van der Waals surface area contributed by atoms with Gasteiger partial charge in [-0.05, 0) is 36.8 Å². The Kier molecular flexibility index (Phi) is 7.29. The van der Waals surface area contributed by atoms with Crippen LogP contribution in [-0.2, 0) is 16.1 Å². The highest BCUT2D eigenvalue weighted by atomic mass is 16.5. The van der Waals surface area contributed by atoms with Gasteiger partial charge in [0.1, 0.15) is 11.4 Å². The summed E-state index contributed by atoms with van der Waals surface area (Å²) >= 11 is 0. The second kappa shape index (κ2) is 10.3. The molecule has 2 N–H and O–H groups in total. The van der Waals surface area contributed by atoms with Gasteiger partial charge in [0.2, 0.25) is 0 Å². The molecule has 0 aliphatic heterocycles. The topological polar surface area (TPSA) is 102 Å². The molecule has 3 aromatic rings. The molecule has 0 aliphatic rings. The Labute approximate surface area is 174 Å². The monoisotopic (exact) mass is 408 g/mol. The molecule has 0 radical (unpaired) electrons. The maximum absolute atomic E-state index is 12.5. The van der Waals surface area contributed by atoms with Crippen molar-refractivity contribution in [1.82, 2.24) is 20.6 Å². The molecule has 2 amide bonds. The van der Waals surface area contributed by atoms with E-state index in [2.05, 4.69) is 20.6 Å². The fraction of sp³-hybridized carbons (Fsp3) is 0.273. The lowest BCUT2D eigenvalue weighted by Crippen LogP contribution is -2.31. The first kappa shape index (κ1) is 21.2. The van der Waals surface area contributed by atoms with Gasteiger partial charge in [0, 0.05) is 20.2 Å². The molecule has 0 atom stereocenters. The molecule has 8 heteroatoms. The van der Waals surface area contributed by atoms with E-state index >= 15 is 0 Å². The highest BCUT2D eigenvalue weighted by Gasteiger charge is 2.13. The van der Waals surface area contributed by atoms with Crippen molar-refractivity contribution in [2.75, 3.05) is 26.9 Å². The molecule has 0 saturated carbocycles. The van der Waals surface area contributed by atoms with Crippen LogP contribution in [-0.4, -0.2) is 48.7 Å². The summed E-state index contributed by atoms with van der Waals surface area (Å²) in [5.74, 6) is 0.0808. The number of nitrogens with one attached hydrogen (secondary N) is 2. The number of hydrogen-bond donors (Lipinski definition) is 2. The zero-order valence-corrected chi connectivity index (χ0v) is 17.0. The molecule has 30 heavy (non-hydrogen) atoms. The van der Waals surface area contributed by atoms with E-state index in [1.54, 1.807) is 26.2 Å². The van der Waals surface area contributed by atoms with Crippen LogP contribution in [0.15, 0.2) is 48.5 Å². The van der Waals surface area contributed by atoms with Crippen LogP contribution in [0.1, 0.15) is 21.7 Å². The van der Waals surface area contributed by atoms with Gasteiger partial charge in [-0.15, -0.1) is 0 Å². The Bertz CT molecular complexity index is 1020. The van der Waals surface area contributed by atoms with Gasteiger partial charge in [0.05, 0.1) is 23.3 Å². The summed E-state index contributed by atoms with van der Waals surface area (Å²) in [5.41, 5.74) is 3.23. The number of hydrogen-bond acceptors (Lipinski definition) is 6. The molecular formula is C22H24N4O4. The number of aryl methyl sites for hydroxylation is 1. The molecule has 2 aromatic carbocycles. The van der Waals surface area contributed by atoms with Crippen molar-refractivity contribution in [3.63, 3.8) is 0 Å². The zero-order valence-electron chi connectivity index (χ0n) is 17.0. The third kappa shape index (κ3) is 5.74. The van der Waals surface area contributed by atoms with Crippen LogP contribution < -0.4 is 15.4 Å². The Morgan fingerprint density at radius 1 is 0.967 bits per heavy atom. The molecule has 1 aromatic heterocycles. The van der Waals surface area contributed by atoms with E-state index in [9.17, 15) is 9.59 Å². The van der Waals surface area contributed by atoms with E-state index in [0.717, 1.165) is 11.1 Å². The molecule has 1 heterocycles. The van der Waals surface area contributed by atoms with E-state index in [4.69, 9.17) is 9.47 Å². The minimum atomic E-state index is -0.279. The third-order valence-corrected chi connectivity index (χ3v) is 4.33. The number of methoxy groups -OCH3 is 1. The predicted molar refractivity (Wildman–Crippen MR) is 112 cm³/mol. The van der Waals surface area contributed by atoms with Gasteiger partial charge in [-0.25, -0.2) is 9.97 Å². The third-order valence-electron chi connectivity index (χ3n) is 4.33. The van der Waals surface area contributed by atoms with Crippen LogP contribution in [0.25, 0.3) is 11.0 Å². The molecule has 0 unspecified atom stereocenters. The van der Waals surface area contributed by atoms with Crippen LogP contribution >= 0.6 is 0 Å². The van der Waals surface area contributed by atoms with E-state index in [-0.39, 0.29) is 18.4 Å². The summed E-state index contributed by atoms with van der Waals surface area (Å²) < 4.78 is 10.3. The molecule has 8 nitrogen and oxygen atoms in total. The highest BCUT2D eigenvalue weighted by Crippen LogP contribution is 2.14. The number of fused-ring (bicyclic) bond motifs is 1. The fourth-order valence-corrected chi connectivity index (χ4v) is 2.77. The zero-order chi connectivity index (χ0) is 21.3. The van der Waals surface area contributed by atoms with Crippen LogP contribution in [0.2, 0.25) is 0 Å². The first-order chi connectivity index (χ1) is 14.6. The minimum absolute atomic E-state index is 0.0697. The average molecular weight is 408 g/mol. The normalized spacial score (nSPS) is 10.6. The predicted octanol–water partition coefficient (Wildman–Crippen LogP) is 2.01. The van der Waals surface area contributed by atoms with E-state index in [1.807, 2.05) is 36.4 Å². The number of aromatic nitrogens is 2. The number of amides is 2. The Morgan fingerprint density at radius 3 is 2.37 bits per heavy atom. The summed E-state index contributed by atoms with van der Waals surface area (Å²) in [6, 6.07) is 14.6. The molecule has 0 bridgehead atoms. The van der Waals surface area contributed by atoms with Crippen molar-refractivity contribution < 1.29 is 19.1 Å². The Hall–Kier alpha value is -3.52. The summed E-state index contributed by atoms with van der Waals surface area (Å²) in [7, 11) is 1.57. The first-order valence-corrected chi connectivity index (χ1v) is 9.56. The van der Waals surface area contributed by atoms with Gasteiger partial charge in [0.15, 0.2) is 6.61 Å². The standard InChI is InChI=1S/C22H24N4O4/c1-15-21(26-19-6-4-3-5-18(19)25-15)22(28)24-13-16-7-9-17(10-8-16)30-14-20(27)23-11-12-29-2/h3-10H,11-14H2,1-2H3,(H,23,27)(H,24,28). The summed E-state index contributed by atoms with van der Waals surface area (Å²) in [4.78, 5) is 33.0. The maximum atomic E-state index is 12.5. The number of carbonyl (C=O) groups excluding carboxylic acids is 2. The molecular weight excluding hydrogens is 384 g/mol. The number of rotatable bonds is 9. The maximum Gasteiger partial charge on any atom is 0.272 e. The number of para-hydroxylation sites is 2. The smallest absolute Gasteiger partial charge is 0.272 e. The van der Waals surface area contributed by atoms with Crippen LogP contribution in [0, 0.1) is 6.92 Å². The first-order valence-electron chi connectivity index (χ1n) is 9.56. The fourth-order valence-electron chi connectivity index (χ4n) is 2.77. The number of nitrogens with zero attached hydrogens (tertiary/aromatic N) is 2. The molecule has 0 saturated heterocycles. The van der Waals surface area contributed by atoms with Gasteiger partial charge < -0.3 is 20.1 Å². The summed E-state index contributed by atoms with van der Waals surface area (Å²) in [6.07, 6.45) is 0. The molecule has 0 aliphatic carbocycles. The van der Waals surface area contributed by atoms with Gasteiger partial charge >= 0.3 is 0 Å². The molecule has 156 valence electrons.